The number of carboxylic acids is 1. The molecule has 0 saturated heterocycles. The highest BCUT2D eigenvalue weighted by Gasteiger charge is 2.38. The quantitative estimate of drug-likeness (QED) is 0.747. The second-order valence-corrected chi connectivity index (χ2v) is 4.34. The topological polar surface area (TPSA) is 102 Å². The number of amides is 1. The first-order valence-corrected chi connectivity index (χ1v) is 6.75. The van der Waals surface area contributed by atoms with Gasteiger partial charge in [0.1, 0.15) is 0 Å². The molecule has 0 unspecified atom stereocenters. The summed E-state index contributed by atoms with van der Waals surface area (Å²) in [5.74, 6) is -1.76. The van der Waals surface area contributed by atoms with Gasteiger partial charge in [0, 0.05) is 18.3 Å². The molecular formula is C15H19F3N2O5. The number of nitrogens with two attached hydrogens (primary N) is 1. The summed E-state index contributed by atoms with van der Waals surface area (Å²) in [6.07, 6.45) is -3.44. The van der Waals surface area contributed by atoms with Crippen LogP contribution in [-0.2, 0) is 9.59 Å². The first-order chi connectivity index (χ1) is 11.6. The van der Waals surface area contributed by atoms with Crippen LogP contribution in [0.3, 0.4) is 0 Å². The lowest BCUT2D eigenvalue weighted by molar-refractivity contribution is -0.192. The van der Waals surface area contributed by atoms with Crippen molar-refractivity contribution in [3.8, 4) is 11.5 Å². The number of benzene rings is 1. The Morgan fingerprint density at radius 2 is 1.80 bits per heavy atom. The van der Waals surface area contributed by atoms with Crippen molar-refractivity contribution in [2.75, 3.05) is 32.2 Å². The van der Waals surface area contributed by atoms with Crippen LogP contribution < -0.4 is 20.1 Å². The SMILES string of the molecule is C=CCN(C(=O)CN)c1ccc(OC)c(OC)c1.O=C(O)C(F)(F)F. The van der Waals surface area contributed by atoms with Gasteiger partial charge < -0.3 is 25.2 Å². The van der Waals surface area contributed by atoms with E-state index >= 15 is 0 Å². The number of methoxy groups -OCH3 is 2. The van der Waals surface area contributed by atoms with Crippen molar-refractivity contribution in [2.45, 2.75) is 6.18 Å². The Morgan fingerprint density at radius 1 is 1.28 bits per heavy atom. The molecule has 3 N–H and O–H groups in total. The summed E-state index contributed by atoms with van der Waals surface area (Å²) in [4.78, 5) is 22.2. The Kier molecular flexibility index (Phi) is 9.06. The highest BCUT2D eigenvalue weighted by atomic mass is 19.4. The van der Waals surface area contributed by atoms with Crippen molar-refractivity contribution < 1.29 is 37.3 Å². The second kappa shape index (κ2) is 10.2. The predicted octanol–water partition coefficient (Wildman–Crippen LogP) is 1.81. The van der Waals surface area contributed by atoms with Crippen LogP contribution in [0.4, 0.5) is 18.9 Å². The Labute approximate surface area is 142 Å². The first-order valence-electron chi connectivity index (χ1n) is 6.75. The number of halogens is 3. The van der Waals surface area contributed by atoms with E-state index in [-0.39, 0.29) is 12.5 Å². The number of anilines is 1. The molecule has 0 aliphatic rings. The third-order valence-electron chi connectivity index (χ3n) is 2.71. The van der Waals surface area contributed by atoms with Crippen LogP contribution in [0.5, 0.6) is 11.5 Å². The van der Waals surface area contributed by atoms with Crippen LogP contribution in [0.15, 0.2) is 30.9 Å². The number of hydrogen-bond donors (Lipinski definition) is 2. The van der Waals surface area contributed by atoms with Gasteiger partial charge in [-0.25, -0.2) is 4.79 Å². The average Bonchev–Trinajstić information content (AvgIpc) is 2.58. The van der Waals surface area contributed by atoms with Crippen LogP contribution >= 0.6 is 0 Å². The van der Waals surface area contributed by atoms with Gasteiger partial charge in [-0.2, -0.15) is 13.2 Å². The smallest absolute Gasteiger partial charge is 0.490 e. The molecule has 0 aliphatic heterocycles. The fraction of sp³-hybridized carbons (Fsp3) is 0.333. The predicted molar refractivity (Wildman–Crippen MR) is 84.8 cm³/mol. The van der Waals surface area contributed by atoms with Gasteiger partial charge >= 0.3 is 12.1 Å². The van der Waals surface area contributed by atoms with Crippen LogP contribution in [0.1, 0.15) is 0 Å². The van der Waals surface area contributed by atoms with E-state index in [0.717, 1.165) is 0 Å². The van der Waals surface area contributed by atoms with Crippen LogP contribution in [0, 0.1) is 0 Å². The summed E-state index contributed by atoms with van der Waals surface area (Å²) in [5.41, 5.74) is 6.08. The standard InChI is InChI=1S/C13H18N2O3.C2HF3O2/c1-4-7-15(13(16)9-14)10-5-6-11(17-2)12(8-10)18-3;3-2(4,5)1(6)7/h4-6,8H,1,7,9,14H2,2-3H3;(H,6,7). The maximum absolute atomic E-state index is 11.7. The van der Waals surface area contributed by atoms with Crippen molar-refractivity contribution >= 4 is 17.6 Å². The van der Waals surface area contributed by atoms with Crippen molar-refractivity contribution in [3.05, 3.63) is 30.9 Å². The van der Waals surface area contributed by atoms with E-state index in [0.29, 0.717) is 23.7 Å². The fourth-order valence-electron chi connectivity index (χ4n) is 1.58. The van der Waals surface area contributed by atoms with Gasteiger partial charge in [0.25, 0.3) is 0 Å². The number of aliphatic carboxylic acids is 1. The lowest BCUT2D eigenvalue weighted by atomic mass is 10.2. The van der Waals surface area contributed by atoms with E-state index in [1.165, 1.54) is 4.90 Å². The number of carbonyl (C=O) groups excluding carboxylic acids is 1. The zero-order chi connectivity index (χ0) is 19.6. The molecular weight excluding hydrogens is 345 g/mol. The molecule has 0 aromatic heterocycles. The van der Waals surface area contributed by atoms with E-state index in [2.05, 4.69) is 6.58 Å². The number of hydrogen-bond acceptors (Lipinski definition) is 5. The third-order valence-corrected chi connectivity index (χ3v) is 2.71. The van der Waals surface area contributed by atoms with E-state index in [4.69, 9.17) is 25.1 Å². The minimum atomic E-state index is -5.08. The molecule has 25 heavy (non-hydrogen) atoms. The number of nitrogens with zero attached hydrogens (tertiary/aromatic N) is 1. The van der Waals surface area contributed by atoms with E-state index in [9.17, 15) is 18.0 Å². The molecule has 0 radical (unpaired) electrons. The van der Waals surface area contributed by atoms with Gasteiger partial charge in [-0.05, 0) is 12.1 Å². The van der Waals surface area contributed by atoms with Crippen molar-refractivity contribution in [1.82, 2.24) is 0 Å². The molecule has 10 heteroatoms. The average molecular weight is 364 g/mol. The second-order valence-electron chi connectivity index (χ2n) is 4.34. The number of carbonyl (C=O) groups is 2. The zero-order valence-corrected chi connectivity index (χ0v) is 13.7. The molecule has 0 atom stereocenters. The molecule has 0 saturated carbocycles. The lowest BCUT2D eigenvalue weighted by Gasteiger charge is -2.21. The molecule has 0 fully saturated rings. The molecule has 0 aliphatic carbocycles. The maximum atomic E-state index is 11.7. The van der Waals surface area contributed by atoms with E-state index in [1.54, 1.807) is 38.5 Å². The number of rotatable bonds is 6. The van der Waals surface area contributed by atoms with Gasteiger partial charge in [0.15, 0.2) is 11.5 Å². The number of alkyl halides is 3. The first kappa shape index (κ1) is 22.2. The molecule has 140 valence electrons. The Morgan fingerprint density at radius 3 is 2.16 bits per heavy atom. The minimum absolute atomic E-state index is 0.0534. The molecule has 1 aromatic rings. The van der Waals surface area contributed by atoms with Crippen LogP contribution in [0.25, 0.3) is 0 Å². The summed E-state index contributed by atoms with van der Waals surface area (Å²) in [6, 6.07) is 5.25. The summed E-state index contributed by atoms with van der Waals surface area (Å²) in [6.45, 7) is 3.97. The Hall–Kier alpha value is -2.75. The highest BCUT2D eigenvalue weighted by molar-refractivity contribution is 5.95. The minimum Gasteiger partial charge on any atom is -0.493 e. The maximum Gasteiger partial charge on any atom is 0.490 e. The normalized spacial score (nSPS) is 10.2. The van der Waals surface area contributed by atoms with E-state index < -0.39 is 12.1 Å². The van der Waals surface area contributed by atoms with Gasteiger partial charge in [0.2, 0.25) is 5.91 Å². The number of ether oxygens (including phenoxy) is 2. The molecule has 7 nitrogen and oxygen atoms in total. The molecule has 0 spiro atoms. The van der Waals surface area contributed by atoms with Crippen LogP contribution in [0.2, 0.25) is 0 Å². The van der Waals surface area contributed by atoms with E-state index in [1.807, 2.05) is 0 Å². The van der Waals surface area contributed by atoms with Crippen molar-refractivity contribution in [3.63, 3.8) is 0 Å². The molecule has 1 amide bonds. The van der Waals surface area contributed by atoms with Gasteiger partial charge in [-0.1, -0.05) is 6.08 Å². The van der Waals surface area contributed by atoms with Gasteiger partial charge in [-0.3, -0.25) is 4.79 Å². The summed E-state index contributed by atoms with van der Waals surface area (Å²) >= 11 is 0. The lowest BCUT2D eigenvalue weighted by Crippen LogP contribution is -2.36. The van der Waals surface area contributed by atoms with Gasteiger partial charge in [-0.15, -0.1) is 6.58 Å². The molecule has 0 bridgehead atoms. The Bertz CT molecular complexity index is 605. The third kappa shape index (κ3) is 7.12. The van der Waals surface area contributed by atoms with Crippen molar-refractivity contribution in [1.29, 1.82) is 0 Å². The summed E-state index contributed by atoms with van der Waals surface area (Å²) in [7, 11) is 3.11. The number of carboxylic acid groups (broad SMARTS) is 1. The largest absolute Gasteiger partial charge is 0.493 e. The summed E-state index contributed by atoms with van der Waals surface area (Å²) < 4.78 is 42.1. The molecule has 1 aromatic carbocycles. The van der Waals surface area contributed by atoms with Crippen molar-refractivity contribution in [2.24, 2.45) is 5.73 Å². The Balaban J connectivity index is 0.000000697. The van der Waals surface area contributed by atoms with Crippen LogP contribution in [-0.4, -0.2) is 50.5 Å². The van der Waals surface area contributed by atoms with Gasteiger partial charge in [0.05, 0.1) is 20.8 Å². The fourth-order valence-corrected chi connectivity index (χ4v) is 1.58. The zero-order valence-electron chi connectivity index (χ0n) is 13.7. The monoisotopic (exact) mass is 364 g/mol. The summed E-state index contributed by atoms with van der Waals surface area (Å²) in [5, 5.41) is 7.12. The highest BCUT2D eigenvalue weighted by Crippen LogP contribution is 2.31. The molecule has 1 rings (SSSR count). The molecule has 0 heterocycles.